The lowest BCUT2D eigenvalue weighted by atomic mass is 10.0. The second-order valence-electron chi connectivity index (χ2n) is 4.10. The second-order valence-corrected chi connectivity index (χ2v) is 4.10. The average Bonchev–Trinajstić information content (AvgIpc) is 2.46. The number of Topliss-reactive ketones (excluding diaryl/α,β-unsaturated/α-hetero) is 1. The number of benzene rings is 2. The Morgan fingerprint density at radius 3 is 1.65 bits per heavy atom. The summed E-state index contributed by atoms with van der Waals surface area (Å²) in [6.45, 7) is 0. The summed E-state index contributed by atoms with van der Waals surface area (Å²) in [7, 11) is 0. The zero-order chi connectivity index (χ0) is 14.8. The molecule has 20 heavy (non-hydrogen) atoms. The predicted molar refractivity (Wildman–Crippen MR) is 66.7 cm³/mol. The van der Waals surface area contributed by atoms with Gasteiger partial charge in [-0.25, -0.2) is 0 Å². The summed E-state index contributed by atoms with van der Waals surface area (Å²) in [5.41, 5.74) is 0.180. The normalized spacial score (nSPS) is 11.2. The molecule has 0 saturated carbocycles. The molecule has 0 N–H and O–H groups in total. The van der Waals surface area contributed by atoms with Crippen molar-refractivity contribution in [1.29, 1.82) is 0 Å². The summed E-state index contributed by atoms with van der Waals surface area (Å²) in [4.78, 5) is 23.0. The quantitative estimate of drug-likeness (QED) is 0.803. The summed E-state index contributed by atoms with van der Waals surface area (Å²) in [5.74, 6) is -2.23. The maximum absolute atomic E-state index is 12.2. The van der Waals surface area contributed by atoms with E-state index in [1.54, 1.807) is 30.3 Å². The van der Waals surface area contributed by atoms with Crippen LogP contribution in [0.5, 0.6) is 0 Å². The lowest BCUT2D eigenvalue weighted by molar-refractivity contribution is -0.0885. The summed E-state index contributed by atoms with van der Waals surface area (Å²) >= 11 is 0. The maximum Gasteiger partial charge on any atom is 0.454 e. The lowest BCUT2D eigenvalue weighted by Gasteiger charge is -2.06. The van der Waals surface area contributed by atoms with Gasteiger partial charge in [0.1, 0.15) is 0 Å². The van der Waals surface area contributed by atoms with Crippen molar-refractivity contribution in [3.8, 4) is 0 Å². The standard InChI is InChI=1S/C15H9F3O2/c16-15(17,18)14(20)12-8-6-11(7-9-12)13(19)10-4-2-1-3-5-10/h1-9H. The van der Waals surface area contributed by atoms with Crippen LogP contribution in [0.25, 0.3) is 0 Å². The van der Waals surface area contributed by atoms with Crippen molar-refractivity contribution in [2.45, 2.75) is 6.18 Å². The Labute approximate surface area is 112 Å². The van der Waals surface area contributed by atoms with Crippen LogP contribution >= 0.6 is 0 Å². The molecule has 0 aliphatic heterocycles. The number of ketones is 2. The van der Waals surface area contributed by atoms with E-state index in [9.17, 15) is 22.8 Å². The molecule has 0 aliphatic carbocycles. The molecule has 0 atom stereocenters. The third kappa shape index (κ3) is 2.93. The fourth-order valence-corrected chi connectivity index (χ4v) is 1.69. The van der Waals surface area contributed by atoms with Crippen molar-refractivity contribution in [2.24, 2.45) is 0 Å². The third-order valence-electron chi connectivity index (χ3n) is 2.70. The van der Waals surface area contributed by atoms with E-state index in [0.29, 0.717) is 5.56 Å². The van der Waals surface area contributed by atoms with E-state index in [2.05, 4.69) is 0 Å². The fourth-order valence-electron chi connectivity index (χ4n) is 1.69. The van der Waals surface area contributed by atoms with Crippen LogP contribution in [0.2, 0.25) is 0 Å². The van der Waals surface area contributed by atoms with Crippen molar-refractivity contribution < 1.29 is 22.8 Å². The lowest BCUT2D eigenvalue weighted by Crippen LogP contribution is -2.22. The molecule has 5 heteroatoms. The van der Waals surface area contributed by atoms with Crippen molar-refractivity contribution in [3.63, 3.8) is 0 Å². The van der Waals surface area contributed by atoms with Crippen LogP contribution in [0.4, 0.5) is 13.2 Å². The van der Waals surface area contributed by atoms with E-state index in [0.717, 1.165) is 12.1 Å². The Balaban J connectivity index is 2.25. The first-order valence-corrected chi connectivity index (χ1v) is 5.71. The van der Waals surface area contributed by atoms with Gasteiger partial charge < -0.3 is 0 Å². The number of halogens is 3. The summed E-state index contributed by atoms with van der Waals surface area (Å²) in [6.07, 6.45) is -4.91. The number of hydrogen-bond donors (Lipinski definition) is 0. The summed E-state index contributed by atoms with van der Waals surface area (Å²) in [6, 6.07) is 12.8. The first kappa shape index (κ1) is 14.0. The van der Waals surface area contributed by atoms with Crippen LogP contribution in [0.1, 0.15) is 26.3 Å². The highest BCUT2D eigenvalue weighted by Crippen LogP contribution is 2.22. The van der Waals surface area contributed by atoms with Gasteiger partial charge in [0.2, 0.25) is 0 Å². The maximum atomic E-state index is 12.2. The molecular weight excluding hydrogens is 269 g/mol. The van der Waals surface area contributed by atoms with E-state index in [1.165, 1.54) is 12.1 Å². The molecule has 0 radical (unpaired) electrons. The van der Waals surface area contributed by atoms with Crippen molar-refractivity contribution in [2.75, 3.05) is 0 Å². The van der Waals surface area contributed by atoms with Gasteiger partial charge in [0.25, 0.3) is 5.78 Å². The zero-order valence-corrected chi connectivity index (χ0v) is 10.1. The van der Waals surface area contributed by atoms with Crippen LogP contribution in [-0.2, 0) is 0 Å². The minimum Gasteiger partial charge on any atom is -0.289 e. The van der Waals surface area contributed by atoms with Gasteiger partial charge in [-0.1, -0.05) is 54.6 Å². The van der Waals surface area contributed by atoms with Crippen LogP contribution in [0.15, 0.2) is 54.6 Å². The molecule has 0 spiro atoms. The molecule has 0 amide bonds. The number of carbonyl (C=O) groups is 2. The average molecular weight is 278 g/mol. The molecule has 0 unspecified atom stereocenters. The van der Waals surface area contributed by atoms with E-state index in [1.807, 2.05) is 0 Å². The molecular formula is C15H9F3O2. The van der Waals surface area contributed by atoms with Gasteiger partial charge in [0.05, 0.1) is 0 Å². The Bertz CT molecular complexity index is 628. The smallest absolute Gasteiger partial charge is 0.289 e. The Morgan fingerprint density at radius 2 is 1.15 bits per heavy atom. The third-order valence-corrected chi connectivity index (χ3v) is 2.70. The number of rotatable bonds is 3. The van der Waals surface area contributed by atoms with E-state index in [4.69, 9.17) is 0 Å². The van der Waals surface area contributed by atoms with Gasteiger partial charge in [0.15, 0.2) is 5.78 Å². The van der Waals surface area contributed by atoms with Gasteiger partial charge in [0, 0.05) is 16.7 Å². The van der Waals surface area contributed by atoms with Crippen molar-refractivity contribution >= 4 is 11.6 Å². The Morgan fingerprint density at radius 1 is 0.700 bits per heavy atom. The zero-order valence-electron chi connectivity index (χ0n) is 10.1. The number of hydrogen-bond acceptors (Lipinski definition) is 2. The SMILES string of the molecule is O=C(c1ccccc1)c1ccc(C(=O)C(F)(F)F)cc1. The highest BCUT2D eigenvalue weighted by molar-refractivity contribution is 6.09. The molecule has 2 aromatic rings. The van der Waals surface area contributed by atoms with Crippen molar-refractivity contribution in [1.82, 2.24) is 0 Å². The molecule has 0 fully saturated rings. The van der Waals surface area contributed by atoms with E-state index in [-0.39, 0.29) is 11.3 Å². The minimum absolute atomic E-state index is 0.231. The number of alkyl halides is 3. The molecule has 102 valence electrons. The van der Waals surface area contributed by atoms with Crippen LogP contribution in [0.3, 0.4) is 0 Å². The summed E-state index contributed by atoms with van der Waals surface area (Å²) in [5, 5.41) is 0. The van der Waals surface area contributed by atoms with E-state index < -0.39 is 17.5 Å². The van der Waals surface area contributed by atoms with Crippen molar-refractivity contribution in [3.05, 3.63) is 71.3 Å². The van der Waals surface area contributed by atoms with Gasteiger partial charge in [-0.15, -0.1) is 0 Å². The number of carbonyl (C=O) groups excluding carboxylic acids is 2. The van der Waals surface area contributed by atoms with Gasteiger partial charge in [-0.3, -0.25) is 9.59 Å². The molecule has 0 aliphatic rings. The van der Waals surface area contributed by atoms with Crippen LogP contribution < -0.4 is 0 Å². The van der Waals surface area contributed by atoms with E-state index >= 15 is 0 Å². The molecule has 2 nitrogen and oxygen atoms in total. The van der Waals surface area contributed by atoms with Gasteiger partial charge >= 0.3 is 6.18 Å². The molecule has 0 bridgehead atoms. The van der Waals surface area contributed by atoms with Crippen LogP contribution in [-0.4, -0.2) is 17.7 Å². The monoisotopic (exact) mass is 278 g/mol. The fraction of sp³-hybridized carbons (Fsp3) is 0.0667. The molecule has 2 aromatic carbocycles. The Hall–Kier alpha value is -2.43. The Kier molecular flexibility index (Phi) is 3.70. The molecule has 0 saturated heterocycles. The first-order chi connectivity index (χ1) is 9.39. The van der Waals surface area contributed by atoms with Crippen LogP contribution in [0, 0.1) is 0 Å². The minimum atomic E-state index is -4.91. The largest absolute Gasteiger partial charge is 0.454 e. The predicted octanol–water partition coefficient (Wildman–Crippen LogP) is 3.66. The van der Waals surface area contributed by atoms with Gasteiger partial charge in [-0.05, 0) is 0 Å². The molecule has 0 aromatic heterocycles. The highest BCUT2D eigenvalue weighted by Gasteiger charge is 2.39. The highest BCUT2D eigenvalue weighted by atomic mass is 19.4. The molecule has 2 rings (SSSR count). The second kappa shape index (κ2) is 5.28. The topological polar surface area (TPSA) is 34.1 Å². The van der Waals surface area contributed by atoms with Gasteiger partial charge in [-0.2, -0.15) is 13.2 Å². The summed E-state index contributed by atoms with van der Waals surface area (Å²) < 4.78 is 36.7. The molecule has 0 heterocycles. The first-order valence-electron chi connectivity index (χ1n) is 5.71.